The zero-order chi connectivity index (χ0) is 15.2. The zero-order valence-corrected chi connectivity index (χ0v) is 13.4. The van der Waals surface area contributed by atoms with Crippen molar-refractivity contribution >= 4 is 7.60 Å². The molecule has 20 heavy (non-hydrogen) atoms. The molecule has 6 heteroatoms. The molecule has 0 aliphatic heterocycles. The molecule has 0 unspecified atom stereocenters. The average molecular weight is 301 g/mol. The fourth-order valence-corrected chi connectivity index (χ4v) is 3.28. The van der Waals surface area contributed by atoms with Crippen molar-refractivity contribution in [2.75, 3.05) is 13.2 Å². The first-order valence-electron chi connectivity index (χ1n) is 6.82. The number of nitrogens with zero attached hydrogens (tertiary/aromatic N) is 1. The molecule has 1 heterocycles. The molecule has 0 saturated heterocycles. The Morgan fingerprint density at radius 1 is 1.20 bits per heavy atom. The van der Waals surface area contributed by atoms with Crippen LogP contribution in [0.2, 0.25) is 0 Å². The van der Waals surface area contributed by atoms with Gasteiger partial charge in [0.15, 0.2) is 5.85 Å². The zero-order valence-electron chi connectivity index (χ0n) is 12.5. The van der Waals surface area contributed by atoms with Crippen molar-refractivity contribution in [3.05, 3.63) is 30.1 Å². The Balaban J connectivity index is 2.88. The van der Waals surface area contributed by atoms with E-state index in [4.69, 9.17) is 9.05 Å². The van der Waals surface area contributed by atoms with Crippen LogP contribution in [0, 0.1) is 11.8 Å². The van der Waals surface area contributed by atoms with Gasteiger partial charge < -0.3 is 14.2 Å². The third-order valence-corrected chi connectivity index (χ3v) is 4.37. The molecule has 0 aliphatic rings. The predicted molar refractivity (Wildman–Crippen MR) is 78.4 cm³/mol. The van der Waals surface area contributed by atoms with Crippen LogP contribution in [0.1, 0.15) is 39.1 Å². The standard InChI is InChI=1S/C14H24NO4P/c1-11(2)9-18-20(17,19-10-12(3)4)14(16)13-6-5-7-15-8-13/h5-8,11-12,14,16H,9-10H2,1-4H3/t14-/m0/s1. The van der Waals surface area contributed by atoms with Crippen LogP contribution in [0.25, 0.3) is 0 Å². The van der Waals surface area contributed by atoms with Gasteiger partial charge in [0.2, 0.25) is 0 Å². The Hall–Kier alpha value is -0.740. The monoisotopic (exact) mass is 301 g/mol. The van der Waals surface area contributed by atoms with Crippen molar-refractivity contribution in [3.8, 4) is 0 Å². The molecule has 1 N–H and O–H groups in total. The lowest BCUT2D eigenvalue weighted by Gasteiger charge is -2.25. The highest BCUT2D eigenvalue weighted by molar-refractivity contribution is 7.54. The SMILES string of the molecule is CC(C)COP(=O)(OCC(C)C)[C@H](O)c1cccnc1. The van der Waals surface area contributed by atoms with E-state index in [2.05, 4.69) is 4.98 Å². The summed E-state index contributed by atoms with van der Waals surface area (Å²) in [6.45, 7) is 8.33. The fourth-order valence-electron chi connectivity index (χ4n) is 1.40. The van der Waals surface area contributed by atoms with Crippen LogP contribution >= 0.6 is 7.60 Å². The molecular formula is C14H24NO4P. The molecule has 0 fully saturated rings. The summed E-state index contributed by atoms with van der Waals surface area (Å²) in [5.74, 6) is -0.909. The molecule has 1 atom stereocenters. The van der Waals surface area contributed by atoms with Gasteiger partial charge in [-0.3, -0.25) is 9.55 Å². The summed E-state index contributed by atoms with van der Waals surface area (Å²) in [5.41, 5.74) is 0.434. The predicted octanol–water partition coefficient (Wildman–Crippen LogP) is 3.61. The van der Waals surface area contributed by atoms with Crippen LogP contribution in [0.5, 0.6) is 0 Å². The highest BCUT2D eigenvalue weighted by Crippen LogP contribution is 2.59. The molecule has 114 valence electrons. The third kappa shape index (κ3) is 5.33. The largest absolute Gasteiger partial charge is 0.376 e. The Labute approximate surface area is 120 Å². The molecular weight excluding hydrogens is 277 g/mol. The van der Waals surface area contributed by atoms with Crippen LogP contribution in [0.3, 0.4) is 0 Å². The van der Waals surface area contributed by atoms with E-state index in [0.29, 0.717) is 5.56 Å². The molecule has 1 rings (SSSR count). The first-order valence-corrected chi connectivity index (χ1v) is 8.43. The van der Waals surface area contributed by atoms with Crippen LogP contribution in [-0.4, -0.2) is 23.3 Å². The Morgan fingerprint density at radius 3 is 2.15 bits per heavy atom. The highest BCUT2D eigenvalue weighted by atomic mass is 31.2. The molecule has 0 amide bonds. The molecule has 1 aromatic heterocycles. The van der Waals surface area contributed by atoms with Gasteiger partial charge in [-0.05, 0) is 17.9 Å². The van der Waals surface area contributed by atoms with Crippen LogP contribution in [-0.2, 0) is 13.6 Å². The maximum atomic E-state index is 12.8. The number of aliphatic hydroxyl groups excluding tert-OH is 1. The smallest absolute Gasteiger partial charge is 0.363 e. The molecule has 5 nitrogen and oxygen atoms in total. The van der Waals surface area contributed by atoms with Crippen molar-refractivity contribution in [3.63, 3.8) is 0 Å². The average Bonchev–Trinajstić information content (AvgIpc) is 2.43. The van der Waals surface area contributed by atoms with E-state index in [1.807, 2.05) is 27.7 Å². The summed E-state index contributed by atoms with van der Waals surface area (Å²) in [6.07, 6.45) is 3.06. The number of aromatic nitrogens is 1. The van der Waals surface area contributed by atoms with Gasteiger partial charge in [0, 0.05) is 18.0 Å². The maximum Gasteiger partial charge on any atom is 0.363 e. The van der Waals surface area contributed by atoms with Crippen LogP contribution in [0.4, 0.5) is 0 Å². The van der Waals surface area contributed by atoms with E-state index in [1.165, 1.54) is 6.20 Å². The molecule has 0 bridgehead atoms. The van der Waals surface area contributed by atoms with Gasteiger partial charge in [-0.15, -0.1) is 0 Å². The minimum Gasteiger partial charge on any atom is -0.376 e. The first kappa shape index (κ1) is 17.3. The summed E-state index contributed by atoms with van der Waals surface area (Å²) in [6, 6.07) is 3.33. The normalized spacial score (nSPS) is 13.9. The van der Waals surface area contributed by atoms with Gasteiger partial charge in [-0.2, -0.15) is 0 Å². The molecule has 0 saturated carbocycles. The van der Waals surface area contributed by atoms with Crippen molar-refractivity contribution in [1.29, 1.82) is 0 Å². The van der Waals surface area contributed by atoms with Gasteiger partial charge in [0.1, 0.15) is 0 Å². The Morgan fingerprint density at radius 2 is 1.75 bits per heavy atom. The van der Waals surface area contributed by atoms with Gasteiger partial charge in [-0.1, -0.05) is 33.8 Å². The van der Waals surface area contributed by atoms with Gasteiger partial charge in [-0.25, -0.2) is 0 Å². The Kier molecular flexibility index (Phi) is 6.83. The minimum atomic E-state index is -3.62. The lowest BCUT2D eigenvalue weighted by Crippen LogP contribution is -2.12. The lowest BCUT2D eigenvalue weighted by atomic mass is 10.2. The Bertz CT molecular complexity index is 420. The van der Waals surface area contributed by atoms with Gasteiger partial charge >= 0.3 is 7.60 Å². The van der Waals surface area contributed by atoms with E-state index in [-0.39, 0.29) is 25.0 Å². The second-order valence-corrected chi connectivity index (χ2v) is 7.66. The molecule has 0 aliphatic carbocycles. The summed E-state index contributed by atoms with van der Waals surface area (Å²) in [5, 5.41) is 10.3. The molecule has 0 aromatic carbocycles. The maximum absolute atomic E-state index is 12.8. The third-order valence-electron chi connectivity index (χ3n) is 2.46. The van der Waals surface area contributed by atoms with Crippen molar-refractivity contribution in [1.82, 2.24) is 4.98 Å². The highest BCUT2D eigenvalue weighted by Gasteiger charge is 2.36. The fraction of sp³-hybridized carbons (Fsp3) is 0.643. The summed E-state index contributed by atoms with van der Waals surface area (Å²) in [7, 11) is -3.62. The van der Waals surface area contributed by atoms with Crippen LogP contribution in [0.15, 0.2) is 24.5 Å². The quantitative estimate of drug-likeness (QED) is 0.743. The molecule has 0 radical (unpaired) electrons. The summed E-state index contributed by atoms with van der Waals surface area (Å²) in [4.78, 5) is 3.92. The lowest BCUT2D eigenvalue weighted by molar-refractivity contribution is 0.124. The van der Waals surface area contributed by atoms with Crippen molar-refractivity contribution < 1.29 is 18.7 Å². The topological polar surface area (TPSA) is 68.7 Å². The number of hydrogen-bond donors (Lipinski definition) is 1. The van der Waals surface area contributed by atoms with E-state index >= 15 is 0 Å². The van der Waals surface area contributed by atoms with Gasteiger partial charge in [0.25, 0.3) is 0 Å². The summed E-state index contributed by atoms with van der Waals surface area (Å²) < 4.78 is 23.6. The number of pyridine rings is 1. The van der Waals surface area contributed by atoms with E-state index in [1.54, 1.807) is 18.3 Å². The minimum absolute atomic E-state index is 0.201. The summed E-state index contributed by atoms with van der Waals surface area (Å²) >= 11 is 0. The first-order chi connectivity index (χ1) is 9.35. The van der Waals surface area contributed by atoms with E-state index in [0.717, 1.165) is 0 Å². The second-order valence-electron chi connectivity index (χ2n) is 5.58. The van der Waals surface area contributed by atoms with Crippen LogP contribution < -0.4 is 0 Å². The second kappa shape index (κ2) is 7.89. The van der Waals surface area contributed by atoms with Crippen molar-refractivity contribution in [2.45, 2.75) is 33.5 Å². The van der Waals surface area contributed by atoms with E-state index < -0.39 is 13.4 Å². The van der Waals surface area contributed by atoms with E-state index in [9.17, 15) is 9.67 Å². The molecule has 0 spiro atoms. The molecule has 1 aromatic rings. The number of hydrogen-bond acceptors (Lipinski definition) is 5. The van der Waals surface area contributed by atoms with Gasteiger partial charge in [0.05, 0.1) is 13.2 Å². The number of rotatable bonds is 8. The number of aliphatic hydroxyl groups is 1. The van der Waals surface area contributed by atoms with Crippen molar-refractivity contribution in [2.24, 2.45) is 11.8 Å².